The number of rotatable bonds is 7. The molecule has 7 nitrogen and oxygen atoms in total. The van der Waals surface area contributed by atoms with E-state index in [-0.39, 0.29) is 0 Å². The van der Waals surface area contributed by atoms with Crippen molar-refractivity contribution >= 4 is 0 Å². The molecule has 0 saturated heterocycles. The molecule has 1 N–H and O–H groups in total. The molecule has 4 rings (SSSR count). The third-order valence-corrected chi connectivity index (χ3v) is 4.50. The second-order valence-electron chi connectivity index (χ2n) is 6.32. The molecule has 138 valence electrons. The number of methoxy groups -OCH3 is 1. The molecule has 0 saturated carbocycles. The number of aryl methyl sites for hydroxylation is 1. The first-order valence-electron chi connectivity index (χ1n) is 8.93. The first-order valence-corrected chi connectivity index (χ1v) is 8.93. The third-order valence-electron chi connectivity index (χ3n) is 4.50. The van der Waals surface area contributed by atoms with Crippen LogP contribution in [-0.2, 0) is 24.4 Å². The summed E-state index contributed by atoms with van der Waals surface area (Å²) in [7, 11) is 1.67. The number of nitrogens with one attached hydrogen (secondary N) is 1. The Morgan fingerprint density at radius 1 is 1.11 bits per heavy atom. The van der Waals surface area contributed by atoms with Gasteiger partial charge in [-0.3, -0.25) is 5.10 Å². The zero-order valence-corrected chi connectivity index (χ0v) is 15.5. The number of aromatic amines is 1. The summed E-state index contributed by atoms with van der Waals surface area (Å²) >= 11 is 0. The number of aromatic nitrogens is 6. The van der Waals surface area contributed by atoms with E-state index in [1.807, 2.05) is 43.1 Å². The van der Waals surface area contributed by atoms with E-state index in [0.717, 1.165) is 40.6 Å². The maximum absolute atomic E-state index is 5.15. The Balaban J connectivity index is 1.78. The number of imidazole rings is 2. The Kier molecular flexibility index (Phi) is 4.84. The van der Waals surface area contributed by atoms with E-state index in [0.29, 0.717) is 13.2 Å². The summed E-state index contributed by atoms with van der Waals surface area (Å²) in [5.74, 6) is 0. The lowest BCUT2D eigenvalue weighted by molar-refractivity contribution is 0.181. The molecule has 7 heteroatoms. The van der Waals surface area contributed by atoms with Crippen molar-refractivity contribution < 1.29 is 4.74 Å². The van der Waals surface area contributed by atoms with Gasteiger partial charge in [0.25, 0.3) is 0 Å². The summed E-state index contributed by atoms with van der Waals surface area (Å²) in [5, 5.41) is 7.38. The summed E-state index contributed by atoms with van der Waals surface area (Å²) in [4.78, 5) is 9.07. The zero-order chi connectivity index (χ0) is 18.6. The normalized spacial score (nSPS) is 11.2. The highest BCUT2D eigenvalue weighted by atomic mass is 16.5. The molecule has 0 radical (unpaired) electrons. The second kappa shape index (κ2) is 7.59. The lowest BCUT2D eigenvalue weighted by atomic mass is 10.1. The Bertz CT molecular complexity index is 1010. The number of H-pyrrole nitrogens is 1. The molecule has 3 heterocycles. The fourth-order valence-electron chi connectivity index (χ4n) is 3.24. The van der Waals surface area contributed by atoms with E-state index in [1.54, 1.807) is 7.11 Å². The lowest BCUT2D eigenvalue weighted by Crippen LogP contribution is -2.05. The van der Waals surface area contributed by atoms with E-state index >= 15 is 0 Å². The van der Waals surface area contributed by atoms with Crippen molar-refractivity contribution in [1.82, 2.24) is 29.3 Å². The average molecular weight is 362 g/mol. The number of ether oxygens (including phenoxy) is 1. The van der Waals surface area contributed by atoms with Crippen LogP contribution in [0.25, 0.3) is 22.6 Å². The van der Waals surface area contributed by atoms with Crippen molar-refractivity contribution in [3.05, 3.63) is 66.6 Å². The van der Waals surface area contributed by atoms with Gasteiger partial charge in [0.2, 0.25) is 0 Å². The van der Waals surface area contributed by atoms with Gasteiger partial charge in [0.1, 0.15) is 0 Å². The minimum Gasteiger partial charge on any atom is -0.378 e. The Labute approximate surface area is 157 Å². The predicted molar refractivity (Wildman–Crippen MR) is 103 cm³/mol. The summed E-state index contributed by atoms with van der Waals surface area (Å²) in [6.07, 6.45) is 5.63. The first kappa shape index (κ1) is 17.2. The Hall–Kier alpha value is -3.19. The summed E-state index contributed by atoms with van der Waals surface area (Å²) in [5.41, 5.74) is 6.01. The van der Waals surface area contributed by atoms with Crippen molar-refractivity contribution in [3.8, 4) is 22.6 Å². The SMILES string of the molecule is CCn1cncc1-c1c(-c2ccccc2)ncn1Cc1cc(COC)n[nH]1. The van der Waals surface area contributed by atoms with E-state index in [9.17, 15) is 0 Å². The van der Waals surface area contributed by atoms with E-state index in [1.165, 1.54) is 0 Å². The highest BCUT2D eigenvalue weighted by Crippen LogP contribution is 2.31. The van der Waals surface area contributed by atoms with Gasteiger partial charge in [0.05, 0.1) is 60.5 Å². The monoisotopic (exact) mass is 362 g/mol. The van der Waals surface area contributed by atoms with Crippen LogP contribution in [0.2, 0.25) is 0 Å². The highest BCUT2D eigenvalue weighted by Gasteiger charge is 2.18. The van der Waals surface area contributed by atoms with Gasteiger partial charge in [0.15, 0.2) is 0 Å². The molecule has 0 aliphatic carbocycles. The van der Waals surface area contributed by atoms with Crippen LogP contribution >= 0.6 is 0 Å². The molecule has 27 heavy (non-hydrogen) atoms. The molecule has 0 aliphatic heterocycles. The number of nitrogens with zero attached hydrogens (tertiary/aromatic N) is 5. The first-order chi connectivity index (χ1) is 13.3. The van der Waals surface area contributed by atoms with Gasteiger partial charge in [0, 0.05) is 19.2 Å². The molecule has 4 aromatic rings. The molecule has 3 aromatic heterocycles. The minimum atomic E-state index is 0.491. The molecule has 0 aliphatic rings. The number of hydrogen-bond donors (Lipinski definition) is 1. The summed E-state index contributed by atoms with van der Waals surface area (Å²) in [6.45, 7) is 4.09. The van der Waals surface area contributed by atoms with E-state index < -0.39 is 0 Å². The maximum Gasteiger partial charge on any atom is 0.0979 e. The fourth-order valence-corrected chi connectivity index (χ4v) is 3.24. The maximum atomic E-state index is 5.15. The van der Waals surface area contributed by atoms with Crippen LogP contribution in [0.15, 0.2) is 55.2 Å². The number of benzene rings is 1. The molecule has 0 fully saturated rings. The standard InChI is InChI=1S/C20H22N6O/c1-3-25-13-21-10-18(25)20-19(15-7-5-4-6-8-15)22-14-26(20)11-16-9-17(12-27-2)24-23-16/h4-10,13-14H,3,11-12H2,1-2H3,(H,23,24). The third kappa shape index (κ3) is 3.41. The van der Waals surface area contributed by atoms with Crippen molar-refractivity contribution in [1.29, 1.82) is 0 Å². The minimum absolute atomic E-state index is 0.491. The van der Waals surface area contributed by atoms with Crippen molar-refractivity contribution in [2.24, 2.45) is 0 Å². The van der Waals surface area contributed by atoms with Crippen LogP contribution in [0.4, 0.5) is 0 Å². The molecular weight excluding hydrogens is 340 g/mol. The van der Waals surface area contributed by atoms with Crippen LogP contribution < -0.4 is 0 Å². The van der Waals surface area contributed by atoms with Gasteiger partial charge in [-0.2, -0.15) is 5.10 Å². The predicted octanol–water partition coefficient (Wildman–Crippen LogP) is 3.35. The van der Waals surface area contributed by atoms with Crippen molar-refractivity contribution in [3.63, 3.8) is 0 Å². The van der Waals surface area contributed by atoms with E-state index in [2.05, 4.69) is 43.4 Å². The Morgan fingerprint density at radius 3 is 2.74 bits per heavy atom. The quantitative estimate of drug-likeness (QED) is 0.547. The Morgan fingerprint density at radius 2 is 1.96 bits per heavy atom. The molecular formula is C20H22N6O. The average Bonchev–Trinajstić information content (AvgIpc) is 3.42. The van der Waals surface area contributed by atoms with Crippen LogP contribution in [0.3, 0.4) is 0 Å². The molecule has 0 amide bonds. The van der Waals surface area contributed by atoms with Crippen molar-refractivity contribution in [2.75, 3.05) is 7.11 Å². The number of hydrogen-bond acceptors (Lipinski definition) is 4. The zero-order valence-electron chi connectivity index (χ0n) is 15.5. The summed E-state index contributed by atoms with van der Waals surface area (Å²) in [6, 6.07) is 12.2. The van der Waals surface area contributed by atoms with Gasteiger partial charge in [-0.25, -0.2) is 9.97 Å². The van der Waals surface area contributed by atoms with Gasteiger partial charge in [-0.05, 0) is 13.0 Å². The van der Waals surface area contributed by atoms with Crippen LogP contribution in [0.5, 0.6) is 0 Å². The molecule has 0 atom stereocenters. The van der Waals surface area contributed by atoms with Crippen LogP contribution in [-0.4, -0.2) is 36.4 Å². The van der Waals surface area contributed by atoms with E-state index in [4.69, 9.17) is 9.72 Å². The van der Waals surface area contributed by atoms with Gasteiger partial charge < -0.3 is 13.9 Å². The fraction of sp³-hybridized carbons (Fsp3) is 0.250. The van der Waals surface area contributed by atoms with Crippen LogP contribution in [0, 0.1) is 0 Å². The van der Waals surface area contributed by atoms with Gasteiger partial charge >= 0.3 is 0 Å². The molecule has 0 bridgehead atoms. The lowest BCUT2D eigenvalue weighted by Gasteiger charge is -2.11. The van der Waals surface area contributed by atoms with Gasteiger partial charge in [-0.15, -0.1) is 0 Å². The highest BCUT2D eigenvalue weighted by molar-refractivity contribution is 5.76. The van der Waals surface area contributed by atoms with Crippen molar-refractivity contribution in [2.45, 2.75) is 26.6 Å². The largest absolute Gasteiger partial charge is 0.378 e. The molecule has 0 spiro atoms. The summed E-state index contributed by atoms with van der Waals surface area (Å²) < 4.78 is 9.42. The molecule has 0 unspecified atom stereocenters. The molecule has 1 aromatic carbocycles. The smallest absolute Gasteiger partial charge is 0.0979 e. The van der Waals surface area contributed by atoms with Crippen LogP contribution in [0.1, 0.15) is 18.3 Å². The van der Waals surface area contributed by atoms with Gasteiger partial charge in [-0.1, -0.05) is 30.3 Å². The second-order valence-corrected chi connectivity index (χ2v) is 6.32. The topological polar surface area (TPSA) is 73.6 Å².